The number of ether oxygens (including phenoxy) is 2. The lowest BCUT2D eigenvalue weighted by Gasteiger charge is -2.17. The molecule has 1 atom stereocenters. The second kappa shape index (κ2) is 9.58. The van der Waals surface area contributed by atoms with E-state index >= 15 is 0 Å². The van der Waals surface area contributed by atoms with Crippen LogP contribution in [0.25, 0.3) is 22.8 Å². The maximum absolute atomic E-state index is 11.1. The van der Waals surface area contributed by atoms with Gasteiger partial charge in [0.1, 0.15) is 18.1 Å². The number of rotatable bonds is 7. The molecule has 1 unspecified atom stereocenters. The smallest absolute Gasteiger partial charge is 0.303 e. The number of hydrogen-bond donors (Lipinski definition) is 2. The molecule has 0 amide bonds. The van der Waals surface area contributed by atoms with Gasteiger partial charge in [-0.3, -0.25) is 4.79 Å². The molecule has 1 aliphatic rings. The van der Waals surface area contributed by atoms with Crippen LogP contribution in [0.1, 0.15) is 38.3 Å². The van der Waals surface area contributed by atoms with Crippen LogP contribution in [0.2, 0.25) is 5.02 Å². The summed E-state index contributed by atoms with van der Waals surface area (Å²) in [5, 5.41) is 17.0. The number of benzene rings is 2. The van der Waals surface area contributed by atoms with Crippen LogP contribution in [0.4, 0.5) is 0 Å². The van der Waals surface area contributed by atoms with Gasteiger partial charge in [-0.25, -0.2) is 0 Å². The minimum Gasteiger partial charge on any atom is -0.491 e. The first-order chi connectivity index (χ1) is 15.4. The number of carboxylic acid groups (broad SMARTS) is 1. The van der Waals surface area contributed by atoms with Crippen LogP contribution in [-0.2, 0) is 4.79 Å². The topological polar surface area (TPSA) is 107 Å². The zero-order valence-electron chi connectivity index (χ0n) is 17.8. The highest BCUT2D eigenvalue weighted by molar-refractivity contribution is 6.32. The average Bonchev–Trinajstić information content (AvgIpc) is 3.15. The van der Waals surface area contributed by atoms with E-state index in [4.69, 9.17) is 30.7 Å². The van der Waals surface area contributed by atoms with Gasteiger partial charge in [0.25, 0.3) is 5.89 Å². The molecule has 0 saturated carbocycles. The molecule has 2 heterocycles. The third-order valence-electron chi connectivity index (χ3n) is 5.02. The van der Waals surface area contributed by atoms with E-state index in [-0.39, 0.29) is 18.6 Å². The fourth-order valence-electron chi connectivity index (χ4n) is 3.62. The Labute approximate surface area is 190 Å². The molecule has 4 rings (SSSR count). The van der Waals surface area contributed by atoms with E-state index in [9.17, 15) is 4.79 Å². The van der Waals surface area contributed by atoms with Crippen LogP contribution in [0.3, 0.4) is 0 Å². The lowest BCUT2D eigenvalue weighted by Crippen LogP contribution is -2.23. The minimum atomic E-state index is -0.832. The normalized spacial score (nSPS) is 15.7. The van der Waals surface area contributed by atoms with Crippen molar-refractivity contribution in [3.63, 3.8) is 0 Å². The molecule has 0 fully saturated rings. The Morgan fingerprint density at radius 3 is 2.94 bits per heavy atom. The largest absolute Gasteiger partial charge is 0.491 e. The molecule has 9 heteroatoms. The van der Waals surface area contributed by atoms with Gasteiger partial charge in [-0.1, -0.05) is 28.9 Å². The molecule has 2 aromatic carbocycles. The van der Waals surface area contributed by atoms with Gasteiger partial charge in [0.05, 0.1) is 16.7 Å². The maximum Gasteiger partial charge on any atom is 0.303 e. The van der Waals surface area contributed by atoms with Crippen molar-refractivity contribution >= 4 is 17.6 Å². The number of hydrogen-bond acceptors (Lipinski definition) is 7. The second-order valence-electron chi connectivity index (χ2n) is 7.75. The predicted molar refractivity (Wildman–Crippen MR) is 119 cm³/mol. The number of nitrogens with zero attached hydrogens (tertiary/aromatic N) is 2. The number of fused-ring (bicyclic) bond motifs is 1. The summed E-state index contributed by atoms with van der Waals surface area (Å²) in [6, 6.07) is 10.8. The van der Waals surface area contributed by atoms with Gasteiger partial charge in [0, 0.05) is 30.1 Å². The summed E-state index contributed by atoms with van der Waals surface area (Å²) in [7, 11) is 0. The van der Waals surface area contributed by atoms with Crippen molar-refractivity contribution in [1.82, 2.24) is 15.5 Å². The third-order valence-corrected chi connectivity index (χ3v) is 5.31. The Morgan fingerprint density at radius 1 is 1.34 bits per heavy atom. The summed E-state index contributed by atoms with van der Waals surface area (Å²) in [5.74, 6) is 1.10. The SMILES string of the molecule is CC(C)Oc1ccc(-c2nc(-c3cccc4c3OCCNC4CCC(=O)O)no2)cc1Cl. The van der Waals surface area contributed by atoms with Crippen LogP contribution in [-0.4, -0.2) is 40.5 Å². The van der Waals surface area contributed by atoms with Gasteiger partial charge in [-0.15, -0.1) is 0 Å². The van der Waals surface area contributed by atoms with E-state index in [0.717, 1.165) is 5.56 Å². The van der Waals surface area contributed by atoms with Gasteiger partial charge < -0.3 is 24.4 Å². The van der Waals surface area contributed by atoms with E-state index in [0.29, 0.717) is 58.9 Å². The Morgan fingerprint density at radius 2 is 2.19 bits per heavy atom. The summed E-state index contributed by atoms with van der Waals surface area (Å²) in [6.45, 7) is 4.92. The first kappa shape index (κ1) is 22.1. The van der Waals surface area contributed by atoms with Gasteiger partial charge in [0.2, 0.25) is 5.82 Å². The Hall–Kier alpha value is -3.10. The van der Waals surface area contributed by atoms with Crippen molar-refractivity contribution in [3.8, 4) is 34.3 Å². The third kappa shape index (κ3) is 4.87. The highest BCUT2D eigenvalue weighted by atomic mass is 35.5. The predicted octanol–water partition coefficient (Wildman–Crippen LogP) is 4.73. The van der Waals surface area contributed by atoms with Gasteiger partial charge in [-0.05, 0) is 44.5 Å². The Bertz CT molecular complexity index is 1110. The van der Waals surface area contributed by atoms with Crippen LogP contribution >= 0.6 is 11.6 Å². The summed E-state index contributed by atoms with van der Waals surface area (Å²) in [4.78, 5) is 15.6. The van der Waals surface area contributed by atoms with Crippen molar-refractivity contribution in [2.75, 3.05) is 13.2 Å². The summed E-state index contributed by atoms with van der Waals surface area (Å²) >= 11 is 6.34. The second-order valence-corrected chi connectivity index (χ2v) is 8.15. The minimum absolute atomic E-state index is 0.00973. The first-order valence-electron chi connectivity index (χ1n) is 10.4. The van der Waals surface area contributed by atoms with E-state index in [1.807, 2.05) is 38.1 Å². The summed E-state index contributed by atoms with van der Waals surface area (Å²) in [6.07, 6.45) is 0.525. The molecule has 1 aliphatic heterocycles. The van der Waals surface area contributed by atoms with Crippen LogP contribution in [0.15, 0.2) is 40.9 Å². The van der Waals surface area contributed by atoms with Crippen molar-refractivity contribution in [3.05, 3.63) is 47.0 Å². The van der Waals surface area contributed by atoms with Gasteiger partial charge in [0.15, 0.2) is 0 Å². The molecule has 3 aromatic rings. The molecule has 0 radical (unpaired) electrons. The number of nitrogens with one attached hydrogen (secondary N) is 1. The molecule has 2 N–H and O–H groups in total. The number of aromatic nitrogens is 2. The quantitative estimate of drug-likeness (QED) is 0.524. The molecule has 32 heavy (non-hydrogen) atoms. The molecule has 0 aliphatic carbocycles. The lowest BCUT2D eigenvalue weighted by atomic mass is 9.98. The van der Waals surface area contributed by atoms with Crippen molar-refractivity contribution in [2.45, 2.75) is 38.8 Å². The molecule has 1 aromatic heterocycles. The van der Waals surface area contributed by atoms with Crippen molar-refractivity contribution < 1.29 is 23.9 Å². The molecule has 8 nitrogen and oxygen atoms in total. The summed E-state index contributed by atoms with van der Waals surface area (Å²) < 4.78 is 17.2. The monoisotopic (exact) mass is 457 g/mol. The highest BCUT2D eigenvalue weighted by Crippen LogP contribution is 2.38. The lowest BCUT2D eigenvalue weighted by molar-refractivity contribution is -0.137. The van der Waals surface area contributed by atoms with Crippen molar-refractivity contribution in [1.29, 1.82) is 0 Å². The molecular weight excluding hydrogens is 434 g/mol. The first-order valence-corrected chi connectivity index (χ1v) is 10.8. The molecule has 0 saturated heterocycles. The van der Waals surface area contributed by atoms with E-state index in [1.54, 1.807) is 12.1 Å². The number of para-hydroxylation sites is 1. The van der Waals surface area contributed by atoms with Crippen LogP contribution in [0.5, 0.6) is 11.5 Å². The van der Waals surface area contributed by atoms with Crippen LogP contribution in [0, 0.1) is 0 Å². The van der Waals surface area contributed by atoms with E-state index < -0.39 is 5.97 Å². The Balaban J connectivity index is 1.64. The molecule has 0 spiro atoms. The fraction of sp³-hybridized carbons (Fsp3) is 0.348. The average molecular weight is 458 g/mol. The number of carboxylic acids is 1. The van der Waals surface area contributed by atoms with Crippen molar-refractivity contribution in [2.24, 2.45) is 0 Å². The van der Waals surface area contributed by atoms with Gasteiger partial charge >= 0.3 is 5.97 Å². The zero-order valence-corrected chi connectivity index (χ0v) is 18.6. The molecule has 168 valence electrons. The number of carbonyl (C=O) groups is 1. The molecular formula is C23H24ClN3O5. The fourth-order valence-corrected chi connectivity index (χ4v) is 3.85. The van der Waals surface area contributed by atoms with E-state index in [2.05, 4.69) is 15.5 Å². The number of halogens is 1. The zero-order chi connectivity index (χ0) is 22.7. The highest BCUT2D eigenvalue weighted by Gasteiger charge is 2.25. The van der Waals surface area contributed by atoms with E-state index in [1.165, 1.54) is 0 Å². The van der Waals surface area contributed by atoms with Gasteiger partial charge in [-0.2, -0.15) is 4.98 Å². The Kier molecular flexibility index (Phi) is 6.62. The standard InChI is InChI=1S/C23H24ClN3O5/c1-13(2)31-19-8-6-14(12-17(19)24)23-26-22(27-32-23)16-5-3-4-15-18(7-9-20(28)29)25-10-11-30-21(15)16/h3-6,8,12-13,18,25H,7,9-11H2,1-2H3,(H,28,29). The van der Waals surface area contributed by atoms with Crippen LogP contribution < -0.4 is 14.8 Å². The molecule has 0 bridgehead atoms. The maximum atomic E-state index is 11.1. The number of aliphatic carboxylic acids is 1. The summed E-state index contributed by atoms with van der Waals surface area (Å²) in [5.41, 5.74) is 2.24.